The molecule has 1 saturated heterocycles. The van der Waals surface area contributed by atoms with Crippen molar-refractivity contribution < 1.29 is 4.79 Å². The molecule has 2 rings (SSSR count). The molecule has 0 bridgehead atoms. The summed E-state index contributed by atoms with van der Waals surface area (Å²) in [7, 11) is 0. The van der Waals surface area contributed by atoms with Gasteiger partial charge in [0.05, 0.1) is 18.0 Å². The molecule has 22 heavy (non-hydrogen) atoms. The van der Waals surface area contributed by atoms with Crippen LogP contribution in [0.1, 0.15) is 5.56 Å². The van der Waals surface area contributed by atoms with Crippen LogP contribution in [0.4, 0.5) is 5.82 Å². The molecule has 122 valence electrons. The van der Waals surface area contributed by atoms with Crippen LogP contribution in [0.15, 0.2) is 18.3 Å². The van der Waals surface area contributed by atoms with E-state index >= 15 is 0 Å². The molecule has 1 aliphatic heterocycles. The van der Waals surface area contributed by atoms with Crippen LogP contribution in [-0.4, -0.2) is 53.6 Å². The lowest BCUT2D eigenvalue weighted by Crippen LogP contribution is -2.37. The number of hydrogen-bond donors (Lipinski definition) is 2. The van der Waals surface area contributed by atoms with Crippen molar-refractivity contribution >= 4 is 48.3 Å². The highest BCUT2D eigenvalue weighted by Gasteiger charge is 2.17. The third-order valence-electron chi connectivity index (χ3n) is 2.88. The topological polar surface area (TPSA) is 81.0 Å². The van der Waals surface area contributed by atoms with E-state index in [1.807, 2.05) is 11.0 Å². The van der Waals surface area contributed by atoms with Gasteiger partial charge in [-0.15, -0.1) is 36.6 Å². The number of carbonyl (C=O) groups excluding carboxylic acids is 1. The Kier molecular flexibility index (Phi) is 10.8. The molecule has 9 heteroatoms. The number of amides is 1. The Bertz CT molecular complexity index is 488. The molecular formula is C13H19Cl2N5OS. The summed E-state index contributed by atoms with van der Waals surface area (Å²) in [5.74, 6) is 2.74. The molecular weight excluding hydrogens is 345 g/mol. The second kappa shape index (κ2) is 11.4. The van der Waals surface area contributed by atoms with E-state index in [9.17, 15) is 4.79 Å². The van der Waals surface area contributed by atoms with Crippen molar-refractivity contribution in [2.45, 2.75) is 0 Å². The van der Waals surface area contributed by atoms with Crippen LogP contribution in [0, 0.1) is 11.3 Å². The van der Waals surface area contributed by atoms with E-state index in [-0.39, 0.29) is 30.7 Å². The standard InChI is InChI=1S/C13H17N5OS.2ClH/c14-7-11-1-2-12(17-8-11)16-4-3-15-9-13(19)18-5-6-20-10-18;;/h1-2,8,15H,3-6,9-10H2,(H,16,17);2*1H. The lowest BCUT2D eigenvalue weighted by molar-refractivity contribution is -0.128. The summed E-state index contributed by atoms with van der Waals surface area (Å²) >= 11 is 1.79. The van der Waals surface area contributed by atoms with Gasteiger partial charge in [-0.1, -0.05) is 0 Å². The number of carbonyl (C=O) groups is 1. The Morgan fingerprint density at radius 2 is 2.23 bits per heavy atom. The van der Waals surface area contributed by atoms with E-state index in [0.717, 1.165) is 24.0 Å². The van der Waals surface area contributed by atoms with Gasteiger partial charge < -0.3 is 15.5 Å². The molecule has 1 aliphatic rings. The maximum Gasteiger partial charge on any atom is 0.237 e. The largest absolute Gasteiger partial charge is 0.369 e. The Hall–Kier alpha value is -1.20. The molecule has 0 atom stereocenters. The Labute approximate surface area is 146 Å². The van der Waals surface area contributed by atoms with Gasteiger partial charge in [0.1, 0.15) is 11.9 Å². The third kappa shape index (κ3) is 6.71. The molecule has 0 spiro atoms. The number of halogens is 2. The normalized spacial score (nSPS) is 12.8. The van der Waals surface area contributed by atoms with Crippen molar-refractivity contribution in [3.8, 4) is 6.07 Å². The first kappa shape index (κ1) is 20.8. The Balaban J connectivity index is 0.00000220. The van der Waals surface area contributed by atoms with Crippen molar-refractivity contribution in [2.75, 3.05) is 43.1 Å². The second-order valence-electron chi connectivity index (χ2n) is 4.34. The van der Waals surface area contributed by atoms with Gasteiger partial charge in [0.25, 0.3) is 0 Å². The lowest BCUT2D eigenvalue weighted by Gasteiger charge is -2.14. The van der Waals surface area contributed by atoms with E-state index in [0.29, 0.717) is 25.2 Å². The fourth-order valence-corrected chi connectivity index (χ4v) is 2.73. The fourth-order valence-electron chi connectivity index (χ4n) is 1.76. The van der Waals surface area contributed by atoms with Crippen LogP contribution >= 0.6 is 36.6 Å². The number of nitrogens with one attached hydrogen (secondary N) is 2. The van der Waals surface area contributed by atoms with E-state index < -0.39 is 0 Å². The average Bonchev–Trinajstić information content (AvgIpc) is 3.01. The van der Waals surface area contributed by atoms with Crippen LogP contribution < -0.4 is 10.6 Å². The van der Waals surface area contributed by atoms with Gasteiger partial charge in [-0.25, -0.2) is 4.98 Å². The van der Waals surface area contributed by atoms with Gasteiger partial charge in [0, 0.05) is 31.6 Å². The predicted octanol–water partition coefficient (Wildman–Crippen LogP) is 1.33. The van der Waals surface area contributed by atoms with Crippen molar-refractivity contribution in [2.24, 2.45) is 0 Å². The zero-order chi connectivity index (χ0) is 14.2. The molecule has 0 aromatic carbocycles. The first-order valence-corrected chi connectivity index (χ1v) is 7.61. The fraction of sp³-hybridized carbons (Fsp3) is 0.462. The summed E-state index contributed by atoms with van der Waals surface area (Å²) in [5.41, 5.74) is 0.544. The molecule has 0 radical (unpaired) electrons. The minimum Gasteiger partial charge on any atom is -0.369 e. The third-order valence-corrected chi connectivity index (χ3v) is 3.85. The van der Waals surface area contributed by atoms with Gasteiger partial charge in [0.15, 0.2) is 0 Å². The maximum absolute atomic E-state index is 11.7. The highest BCUT2D eigenvalue weighted by Crippen LogP contribution is 2.12. The van der Waals surface area contributed by atoms with Crippen LogP contribution in [-0.2, 0) is 4.79 Å². The Morgan fingerprint density at radius 3 is 2.82 bits per heavy atom. The summed E-state index contributed by atoms with van der Waals surface area (Å²) in [4.78, 5) is 17.7. The first-order chi connectivity index (χ1) is 9.79. The molecule has 1 aromatic heterocycles. The summed E-state index contributed by atoms with van der Waals surface area (Å²) in [5, 5.41) is 14.9. The minimum absolute atomic E-state index is 0. The number of rotatable bonds is 6. The number of pyridine rings is 1. The average molecular weight is 364 g/mol. The molecule has 2 heterocycles. The zero-order valence-corrected chi connectivity index (χ0v) is 14.4. The van der Waals surface area contributed by atoms with Gasteiger partial charge >= 0.3 is 0 Å². The number of nitriles is 1. The van der Waals surface area contributed by atoms with E-state index in [1.165, 1.54) is 6.20 Å². The van der Waals surface area contributed by atoms with E-state index in [2.05, 4.69) is 15.6 Å². The van der Waals surface area contributed by atoms with Crippen molar-refractivity contribution in [1.29, 1.82) is 5.26 Å². The lowest BCUT2D eigenvalue weighted by atomic mass is 10.3. The van der Waals surface area contributed by atoms with Gasteiger partial charge in [0.2, 0.25) is 5.91 Å². The van der Waals surface area contributed by atoms with Crippen LogP contribution in [0.25, 0.3) is 0 Å². The summed E-state index contributed by atoms with van der Waals surface area (Å²) in [6.07, 6.45) is 1.53. The Morgan fingerprint density at radius 1 is 1.41 bits per heavy atom. The monoisotopic (exact) mass is 363 g/mol. The highest BCUT2D eigenvalue weighted by atomic mass is 35.5. The second-order valence-corrected chi connectivity index (χ2v) is 5.42. The molecule has 0 aliphatic carbocycles. The van der Waals surface area contributed by atoms with Crippen LogP contribution in [0.2, 0.25) is 0 Å². The summed E-state index contributed by atoms with van der Waals surface area (Å²) < 4.78 is 0. The van der Waals surface area contributed by atoms with E-state index in [1.54, 1.807) is 23.9 Å². The van der Waals surface area contributed by atoms with Crippen molar-refractivity contribution in [3.63, 3.8) is 0 Å². The molecule has 6 nitrogen and oxygen atoms in total. The summed E-state index contributed by atoms with van der Waals surface area (Å²) in [6.45, 7) is 2.61. The van der Waals surface area contributed by atoms with Crippen LogP contribution in [0.3, 0.4) is 0 Å². The van der Waals surface area contributed by atoms with Gasteiger partial charge in [-0.2, -0.15) is 5.26 Å². The first-order valence-electron chi connectivity index (χ1n) is 6.46. The molecule has 0 saturated carbocycles. The molecule has 1 fully saturated rings. The van der Waals surface area contributed by atoms with Crippen molar-refractivity contribution in [3.05, 3.63) is 23.9 Å². The quantitative estimate of drug-likeness (QED) is 0.742. The van der Waals surface area contributed by atoms with Crippen LogP contribution in [0.5, 0.6) is 0 Å². The van der Waals surface area contributed by atoms with Crippen molar-refractivity contribution in [1.82, 2.24) is 15.2 Å². The number of thioether (sulfide) groups is 1. The predicted molar refractivity (Wildman–Crippen MR) is 93.8 cm³/mol. The number of hydrogen-bond acceptors (Lipinski definition) is 6. The summed E-state index contributed by atoms with van der Waals surface area (Å²) in [6, 6.07) is 5.51. The number of aromatic nitrogens is 1. The highest BCUT2D eigenvalue weighted by molar-refractivity contribution is 7.99. The zero-order valence-electron chi connectivity index (χ0n) is 11.9. The molecule has 1 aromatic rings. The minimum atomic E-state index is 0. The number of anilines is 1. The maximum atomic E-state index is 11.7. The molecule has 2 N–H and O–H groups in total. The SMILES string of the molecule is Cl.Cl.N#Cc1ccc(NCCNCC(=O)N2CCSC2)nc1. The van der Waals surface area contributed by atoms with E-state index in [4.69, 9.17) is 5.26 Å². The van der Waals surface area contributed by atoms with Gasteiger partial charge in [-0.3, -0.25) is 4.79 Å². The van der Waals surface area contributed by atoms with Gasteiger partial charge in [-0.05, 0) is 12.1 Å². The smallest absolute Gasteiger partial charge is 0.237 e. The molecule has 0 unspecified atom stereocenters. The number of nitrogens with zero attached hydrogens (tertiary/aromatic N) is 3. The molecule has 1 amide bonds.